The van der Waals surface area contributed by atoms with Crippen LogP contribution >= 0.6 is 0 Å². The predicted molar refractivity (Wildman–Crippen MR) is 70.7 cm³/mol. The molecular weight excluding hydrogens is 248 g/mol. The summed E-state index contributed by atoms with van der Waals surface area (Å²) < 4.78 is 6.07. The smallest absolute Gasteiger partial charge is 0.291 e. The zero-order chi connectivity index (χ0) is 14.0. The lowest BCUT2D eigenvalue weighted by atomic mass is 10.1. The van der Waals surface area contributed by atoms with Crippen molar-refractivity contribution in [2.45, 2.75) is 0 Å². The summed E-state index contributed by atoms with van der Waals surface area (Å²) in [6.45, 7) is 0. The molecule has 0 aliphatic carbocycles. The molecule has 6 heteroatoms. The normalized spacial score (nSPS) is 10.3. The van der Waals surface area contributed by atoms with E-state index in [1.165, 1.54) is 21.3 Å². The molecule has 0 aliphatic heterocycles. The number of pyridine rings is 1. The van der Waals surface area contributed by atoms with Crippen molar-refractivity contribution >= 4 is 16.7 Å². The van der Waals surface area contributed by atoms with Gasteiger partial charge < -0.3 is 14.9 Å². The zero-order valence-corrected chi connectivity index (χ0v) is 10.9. The number of rotatable bonds is 3. The average Bonchev–Trinajstić information content (AvgIpc) is 2.45. The van der Waals surface area contributed by atoms with Crippen LogP contribution in [0.3, 0.4) is 0 Å². The Bertz CT molecular complexity index is 691. The summed E-state index contributed by atoms with van der Waals surface area (Å²) >= 11 is 0. The summed E-state index contributed by atoms with van der Waals surface area (Å²) in [7, 11) is 4.36. The number of hydrogen-bond donors (Lipinski definition) is 1. The second kappa shape index (κ2) is 5.01. The molecule has 2 rings (SSSR count). The highest BCUT2D eigenvalue weighted by molar-refractivity contribution is 5.96. The summed E-state index contributed by atoms with van der Waals surface area (Å²) in [5.41, 5.74) is -0.253. The highest BCUT2D eigenvalue weighted by Crippen LogP contribution is 2.19. The van der Waals surface area contributed by atoms with Crippen LogP contribution in [0.2, 0.25) is 0 Å². The van der Waals surface area contributed by atoms with Crippen molar-refractivity contribution in [2.75, 3.05) is 21.3 Å². The van der Waals surface area contributed by atoms with Crippen LogP contribution in [0, 0.1) is 0 Å². The number of amides is 1. The molecule has 0 saturated heterocycles. The van der Waals surface area contributed by atoms with Crippen LogP contribution in [0.5, 0.6) is 5.75 Å². The van der Waals surface area contributed by atoms with Crippen LogP contribution in [0.4, 0.5) is 0 Å². The Kier molecular flexibility index (Phi) is 3.41. The lowest BCUT2D eigenvalue weighted by Gasteiger charge is -2.11. The largest absolute Gasteiger partial charge is 0.497 e. The van der Waals surface area contributed by atoms with Gasteiger partial charge in [-0.3, -0.25) is 9.59 Å². The van der Waals surface area contributed by atoms with Crippen molar-refractivity contribution in [3.05, 3.63) is 40.3 Å². The molecular formula is C13H14N2O4. The minimum atomic E-state index is -0.399. The van der Waals surface area contributed by atoms with Crippen molar-refractivity contribution in [3.63, 3.8) is 0 Å². The average molecular weight is 262 g/mol. The van der Waals surface area contributed by atoms with Crippen LogP contribution < -0.4 is 20.5 Å². The van der Waals surface area contributed by atoms with Crippen LogP contribution in [-0.2, 0) is 0 Å². The minimum absolute atomic E-state index is 0.135. The van der Waals surface area contributed by atoms with Crippen molar-refractivity contribution in [3.8, 4) is 5.75 Å². The molecule has 0 aliphatic rings. The number of carbonyl (C=O) groups is 1. The van der Waals surface area contributed by atoms with Gasteiger partial charge in [0.15, 0.2) is 0 Å². The Morgan fingerprint density at radius 1 is 1.26 bits per heavy atom. The number of fused-ring (bicyclic) bond motifs is 1. The van der Waals surface area contributed by atoms with Crippen LogP contribution in [0.1, 0.15) is 10.5 Å². The topological polar surface area (TPSA) is 69.6 Å². The third kappa shape index (κ3) is 2.12. The van der Waals surface area contributed by atoms with Crippen molar-refractivity contribution in [2.24, 2.45) is 0 Å². The number of aromatic nitrogens is 1. The molecule has 0 spiro atoms. The van der Waals surface area contributed by atoms with E-state index in [2.05, 4.69) is 5.32 Å². The third-order valence-corrected chi connectivity index (χ3v) is 2.83. The van der Waals surface area contributed by atoms with E-state index < -0.39 is 5.91 Å². The van der Waals surface area contributed by atoms with E-state index in [-0.39, 0.29) is 11.3 Å². The zero-order valence-electron chi connectivity index (χ0n) is 10.9. The molecule has 1 aromatic carbocycles. The first-order chi connectivity index (χ1) is 9.12. The molecule has 19 heavy (non-hydrogen) atoms. The molecule has 0 radical (unpaired) electrons. The van der Waals surface area contributed by atoms with E-state index in [1.807, 2.05) is 0 Å². The monoisotopic (exact) mass is 262 g/mol. The maximum Gasteiger partial charge on any atom is 0.291 e. The van der Waals surface area contributed by atoms with Crippen molar-refractivity contribution in [1.82, 2.24) is 10.0 Å². The van der Waals surface area contributed by atoms with Gasteiger partial charge in [0.1, 0.15) is 18.6 Å². The van der Waals surface area contributed by atoms with E-state index in [1.54, 1.807) is 24.3 Å². The molecule has 1 amide bonds. The summed E-state index contributed by atoms with van der Waals surface area (Å²) in [4.78, 5) is 29.0. The third-order valence-electron chi connectivity index (χ3n) is 2.83. The molecule has 1 N–H and O–H groups in total. The van der Waals surface area contributed by atoms with Gasteiger partial charge in [-0.25, -0.2) is 0 Å². The van der Waals surface area contributed by atoms with E-state index in [0.717, 1.165) is 4.73 Å². The van der Waals surface area contributed by atoms with Gasteiger partial charge in [0.05, 0.1) is 12.5 Å². The van der Waals surface area contributed by atoms with Crippen LogP contribution in [0.15, 0.2) is 29.1 Å². The quantitative estimate of drug-likeness (QED) is 0.870. The molecule has 100 valence electrons. The minimum Gasteiger partial charge on any atom is -0.497 e. The van der Waals surface area contributed by atoms with Crippen LogP contribution in [0.25, 0.3) is 10.8 Å². The Morgan fingerprint density at radius 3 is 2.58 bits per heavy atom. The maximum atomic E-state index is 12.2. The maximum absolute atomic E-state index is 12.2. The lowest BCUT2D eigenvalue weighted by molar-refractivity contribution is 0.0894. The summed E-state index contributed by atoms with van der Waals surface area (Å²) in [5.74, 6) is 0.216. The molecule has 0 fully saturated rings. The SMILES string of the molecule is CNC(=O)c1cc2cc(OC)ccc2c(=O)n1OC. The fourth-order valence-electron chi connectivity index (χ4n) is 1.87. The van der Waals surface area contributed by atoms with Gasteiger partial charge in [-0.1, -0.05) is 0 Å². The lowest BCUT2D eigenvalue weighted by Crippen LogP contribution is -2.33. The number of nitrogens with zero attached hydrogens (tertiary/aromatic N) is 1. The van der Waals surface area contributed by atoms with E-state index >= 15 is 0 Å². The first-order valence-corrected chi connectivity index (χ1v) is 5.62. The fraction of sp³-hybridized carbons (Fsp3) is 0.231. The van der Waals surface area contributed by atoms with E-state index in [9.17, 15) is 9.59 Å². The number of nitrogens with one attached hydrogen (secondary N) is 1. The standard InChI is InChI=1S/C13H14N2O4/c1-14-12(16)11-7-8-6-9(18-2)4-5-10(8)13(17)15(11)19-3/h4-7H,1-3H3,(H,14,16). The van der Waals surface area contributed by atoms with Crippen LogP contribution in [-0.4, -0.2) is 31.9 Å². The molecule has 0 saturated carbocycles. The number of methoxy groups -OCH3 is 1. The second-order valence-electron chi connectivity index (χ2n) is 3.84. The van der Waals surface area contributed by atoms with Gasteiger partial charge in [0.2, 0.25) is 0 Å². The Morgan fingerprint density at radius 2 is 2.00 bits per heavy atom. The van der Waals surface area contributed by atoms with E-state index in [4.69, 9.17) is 9.57 Å². The van der Waals surface area contributed by atoms with Crippen molar-refractivity contribution in [1.29, 1.82) is 0 Å². The van der Waals surface area contributed by atoms with Crippen molar-refractivity contribution < 1.29 is 14.4 Å². The summed E-state index contributed by atoms with van der Waals surface area (Å²) in [6.07, 6.45) is 0. The molecule has 6 nitrogen and oxygen atoms in total. The Labute approximate surface area is 109 Å². The highest BCUT2D eigenvalue weighted by atomic mass is 16.7. The molecule has 2 aromatic rings. The summed E-state index contributed by atoms with van der Waals surface area (Å²) in [5, 5.41) is 3.54. The fourth-order valence-corrected chi connectivity index (χ4v) is 1.87. The first-order valence-electron chi connectivity index (χ1n) is 5.62. The molecule has 0 atom stereocenters. The van der Waals surface area contributed by atoms with Gasteiger partial charge in [-0.15, -0.1) is 4.73 Å². The molecule has 1 aromatic heterocycles. The molecule has 0 unspecified atom stereocenters. The summed E-state index contributed by atoms with van der Waals surface area (Å²) in [6, 6.07) is 6.60. The first kappa shape index (κ1) is 12.9. The van der Waals surface area contributed by atoms with Gasteiger partial charge in [-0.05, 0) is 29.7 Å². The molecule has 1 heterocycles. The van der Waals surface area contributed by atoms with E-state index in [0.29, 0.717) is 16.5 Å². The van der Waals surface area contributed by atoms with Gasteiger partial charge in [0.25, 0.3) is 11.5 Å². The number of ether oxygens (including phenoxy) is 1. The number of carbonyl (C=O) groups excluding carboxylic acids is 1. The van der Waals surface area contributed by atoms with Gasteiger partial charge in [0, 0.05) is 7.05 Å². The Balaban J connectivity index is 2.81. The molecule has 0 bridgehead atoms. The number of hydrogen-bond acceptors (Lipinski definition) is 4. The predicted octanol–water partition coefficient (Wildman–Crippen LogP) is 0.428. The Hall–Kier alpha value is -2.50. The second-order valence-corrected chi connectivity index (χ2v) is 3.84. The number of benzene rings is 1. The van der Waals surface area contributed by atoms with Gasteiger partial charge in [-0.2, -0.15) is 0 Å². The van der Waals surface area contributed by atoms with Gasteiger partial charge >= 0.3 is 0 Å². The highest BCUT2D eigenvalue weighted by Gasteiger charge is 2.15.